The molecule has 14 heavy (non-hydrogen) atoms. The maximum atomic E-state index is 11.2. The maximum absolute atomic E-state index is 11.2. The summed E-state index contributed by atoms with van der Waals surface area (Å²) >= 11 is 0. The molecule has 1 heterocycles. The number of morpholine rings is 1. The first-order valence-electron chi connectivity index (χ1n) is 5.08. The van der Waals surface area contributed by atoms with Crippen LogP contribution in [0.4, 0.5) is 0 Å². The van der Waals surface area contributed by atoms with Gasteiger partial charge in [0.2, 0.25) is 0 Å². The van der Waals surface area contributed by atoms with Gasteiger partial charge in [-0.3, -0.25) is 4.90 Å². The molecule has 0 unspecified atom stereocenters. The molecule has 0 spiro atoms. The second-order valence-corrected chi connectivity index (χ2v) is 6.55. The molecule has 5 heteroatoms. The lowest BCUT2D eigenvalue weighted by Gasteiger charge is -2.43. The van der Waals surface area contributed by atoms with Crippen molar-refractivity contribution in [2.24, 2.45) is 0 Å². The molecule has 0 aromatic heterocycles. The third-order valence-electron chi connectivity index (χ3n) is 3.24. The summed E-state index contributed by atoms with van der Waals surface area (Å²) in [5.74, 6) is 0. The van der Waals surface area contributed by atoms with Crippen LogP contribution in [-0.2, 0) is 14.6 Å². The molecule has 2 rings (SSSR count). The summed E-state index contributed by atoms with van der Waals surface area (Å²) in [4.78, 5) is 2.35. The third-order valence-corrected chi connectivity index (χ3v) is 4.83. The molecule has 1 saturated heterocycles. The average Bonchev–Trinajstić information content (AvgIpc) is 2.00. The number of rotatable bonds is 2. The first-order valence-corrected chi connectivity index (χ1v) is 7.03. The van der Waals surface area contributed by atoms with E-state index in [0.717, 1.165) is 39.1 Å². The summed E-state index contributed by atoms with van der Waals surface area (Å²) in [7, 11) is -2.80. The summed E-state index contributed by atoms with van der Waals surface area (Å²) < 4.78 is 27.6. The molecular formula is C9H17NO3S. The normalized spacial score (nSPS) is 35.2. The zero-order valence-corrected chi connectivity index (χ0v) is 9.29. The summed E-state index contributed by atoms with van der Waals surface area (Å²) in [5, 5.41) is -0.0876. The minimum atomic E-state index is -2.80. The summed E-state index contributed by atoms with van der Waals surface area (Å²) in [6, 6.07) is 0.485. The lowest BCUT2D eigenvalue weighted by molar-refractivity contribution is -0.000563. The van der Waals surface area contributed by atoms with Gasteiger partial charge in [0.1, 0.15) is 9.84 Å². The van der Waals surface area contributed by atoms with Gasteiger partial charge < -0.3 is 4.74 Å². The Labute approximate surface area is 85.1 Å². The molecule has 1 saturated carbocycles. The van der Waals surface area contributed by atoms with Crippen LogP contribution in [-0.4, -0.2) is 57.2 Å². The molecule has 0 aromatic carbocycles. The van der Waals surface area contributed by atoms with Crippen LogP contribution in [0, 0.1) is 0 Å². The highest BCUT2D eigenvalue weighted by molar-refractivity contribution is 7.91. The van der Waals surface area contributed by atoms with Crippen LogP contribution in [0.3, 0.4) is 0 Å². The smallest absolute Gasteiger partial charge is 0.150 e. The fourth-order valence-electron chi connectivity index (χ4n) is 2.13. The molecule has 0 atom stereocenters. The van der Waals surface area contributed by atoms with Gasteiger partial charge in [0.05, 0.1) is 18.5 Å². The maximum Gasteiger partial charge on any atom is 0.150 e. The summed E-state index contributed by atoms with van der Waals surface area (Å²) in [6.07, 6.45) is 2.98. The Kier molecular flexibility index (Phi) is 2.81. The fraction of sp³-hybridized carbons (Fsp3) is 1.00. The van der Waals surface area contributed by atoms with Crippen molar-refractivity contribution in [3.63, 3.8) is 0 Å². The van der Waals surface area contributed by atoms with Gasteiger partial charge >= 0.3 is 0 Å². The van der Waals surface area contributed by atoms with E-state index in [1.807, 2.05) is 0 Å². The van der Waals surface area contributed by atoms with Gasteiger partial charge in [-0.1, -0.05) is 0 Å². The second kappa shape index (κ2) is 3.79. The number of nitrogens with zero attached hydrogens (tertiary/aromatic N) is 1. The average molecular weight is 219 g/mol. The highest BCUT2D eigenvalue weighted by Gasteiger charge is 2.39. The van der Waals surface area contributed by atoms with E-state index in [9.17, 15) is 8.42 Å². The van der Waals surface area contributed by atoms with Crippen molar-refractivity contribution in [1.82, 2.24) is 4.90 Å². The zero-order valence-electron chi connectivity index (χ0n) is 8.48. The molecule has 0 N–H and O–H groups in total. The molecule has 82 valence electrons. The Bertz CT molecular complexity index is 289. The lowest BCUT2D eigenvalue weighted by atomic mass is 9.90. The van der Waals surface area contributed by atoms with E-state index in [2.05, 4.69) is 4.90 Å². The predicted molar refractivity (Wildman–Crippen MR) is 54.0 cm³/mol. The quantitative estimate of drug-likeness (QED) is 0.650. The lowest BCUT2D eigenvalue weighted by Crippen LogP contribution is -2.53. The standard InChI is InChI=1S/C9H17NO3S/c1-14(11,12)9-6-8(7-9)10-2-4-13-5-3-10/h8-9H,2-7H2,1H3. The van der Waals surface area contributed by atoms with Crippen molar-refractivity contribution in [3.05, 3.63) is 0 Å². The molecule has 0 amide bonds. The minimum absolute atomic E-state index is 0.0876. The molecule has 2 fully saturated rings. The largest absolute Gasteiger partial charge is 0.379 e. The number of sulfone groups is 1. The van der Waals surface area contributed by atoms with E-state index in [0.29, 0.717) is 6.04 Å². The Hall–Kier alpha value is -0.130. The van der Waals surface area contributed by atoms with E-state index in [-0.39, 0.29) is 5.25 Å². The van der Waals surface area contributed by atoms with Crippen LogP contribution in [0.25, 0.3) is 0 Å². The van der Waals surface area contributed by atoms with Gasteiger partial charge in [-0.15, -0.1) is 0 Å². The van der Waals surface area contributed by atoms with Crippen LogP contribution in [0.1, 0.15) is 12.8 Å². The molecular weight excluding hydrogens is 202 g/mol. The second-order valence-electron chi connectivity index (χ2n) is 4.23. The number of ether oxygens (including phenoxy) is 1. The van der Waals surface area contributed by atoms with Crippen LogP contribution in [0.2, 0.25) is 0 Å². The van der Waals surface area contributed by atoms with Gasteiger partial charge in [0, 0.05) is 25.4 Å². The zero-order chi connectivity index (χ0) is 10.2. The SMILES string of the molecule is CS(=O)(=O)C1CC(N2CCOCC2)C1. The van der Waals surface area contributed by atoms with Crippen LogP contribution in [0.15, 0.2) is 0 Å². The van der Waals surface area contributed by atoms with Crippen molar-refractivity contribution < 1.29 is 13.2 Å². The molecule has 4 nitrogen and oxygen atoms in total. The first-order chi connectivity index (χ1) is 6.57. The number of hydrogen-bond acceptors (Lipinski definition) is 4. The van der Waals surface area contributed by atoms with Crippen molar-refractivity contribution in [2.75, 3.05) is 32.6 Å². The molecule has 2 aliphatic rings. The predicted octanol–water partition coefficient (Wildman–Crippen LogP) is -0.106. The summed E-state index contributed by atoms with van der Waals surface area (Å²) in [6.45, 7) is 3.50. The third kappa shape index (κ3) is 2.10. The monoisotopic (exact) mass is 219 g/mol. The topological polar surface area (TPSA) is 46.6 Å². The van der Waals surface area contributed by atoms with Crippen LogP contribution >= 0.6 is 0 Å². The highest BCUT2D eigenvalue weighted by Crippen LogP contribution is 2.31. The molecule has 0 radical (unpaired) electrons. The van der Waals surface area contributed by atoms with E-state index < -0.39 is 9.84 Å². The Morgan fingerprint density at radius 1 is 1.21 bits per heavy atom. The van der Waals surface area contributed by atoms with Gasteiger partial charge in [-0.25, -0.2) is 8.42 Å². The minimum Gasteiger partial charge on any atom is -0.379 e. The number of hydrogen-bond donors (Lipinski definition) is 0. The van der Waals surface area contributed by atoms with Crippen LogP contribution < -0.4 is 0 Å². The van der Waals surface area contributed by atoms with Gasteiger partial charge in [0.15, 0.2) is 0 Å². The Balaban J connectivity index is 1.82. The van der Waals surface area contributed by atoms with Crippen molar-refractivity contribution >= 4 is 9.84 Å². The molecule has 0 aromatic rings. The van der Waals surface area contributed by atoms with E-state index in [4.69, 9.17) is 4.74 Å². The van der Waals surface area contributed by atoms with Gasteiger partial charge in [-0.05, 0) is 12.8 Å². The molecule has 0 bridgehead atoms. The van der Waals surface area contributed by atoms with Gasteiger partial charge in [0.25, 0.3) is 0 Å². The van der Waals surface area contributed by atoms with Gasteiger partial charge in [-0.2, -0.15) is 0 Å². The Morgan fingerprint density at radius 2 is 1.79 bits per heavy atom. The van der Waals surface area contributed by atoms with E-state index >= 15 is 0 Å². The fourth-order valence-corrected chi connectivity index (χ4v) is 3.27. The highest BCUT2D eigenvalue weighted by atomic mass is 32.2. The van der Waals surface area contributed by atoms with Crippen molar-refractivity contribution in [3.8, 4) is 0 Å². The molecule has 1 aliphatic heterocycles. The van der Waals surface area contributed by atoms with Crippen molar-refractivity contribution in [1.29, 1.82) is 0 Å². The van der Waals surface area contributed by atoms with Crippen molar-refractivity contribution in [2.45, 2.75) is 24.1 Å². The van der Waals surface area contributed by atoms with E-state index in [1.54, 1.807) is 0 Å². The van der Waals surface area contributed by atoms with E-state index in [1.165, 1.54) is 6.26 Å². The summed E-state index contributed by atoms with van der Waals surface area (Å²) in [5.41, 5.74) is 0. The Morgan fingerprint density at radius 3 is 2.29 bits per heavy atom. The molecule has 1 aliphatic carbocycles. The van der Waals surface area contributed by atoms with Crippen LogP contribution in [0.5, 0.6) is 0 Å². The first kappa shape index (κ1) is 10.4.